The molecule has 2 N–H and O–H groups in total. The molecule has 0 aliphatic carbocycles. The summed E-state index contributed by atoms with van der Waals surface area (Å²) in [6.07, 6.45) is 3.23. The summed E-state index contributed by atoms with van der Waals surface area (Å²) in [6, 6.07) is 6.05. The first-order valence-electron chi connectivity index (χ1n) is 6.90. The van der Waals surface area contributed by atoms with E-state index < -0.39 is 0 Å². The van der Waals surface area contributed by atoms with Crippen LogP contribution in [-0.2, 0) is 4.79 Å². The van der Waals surface area contributed by atoms with Crippen molar-refractivity contribution >= 4 is 17.3 Å². The molecule has 1 heterocycles. The van der Waals surface area contributed by atoms with Crippen LogP contribution in [0.3, 0.4) is 0 Å². The number of carbonyl (C=O) groups is 1. The zero-order valence-corrected chi connectivity index (χ0v) is 12.0. The minimum atomic E-state index is -0.0401. The van der Waals surface area contributed by atoms with Gasteiger partial charge in [-0.3, -0.25) is 4.79 Å². The summed E-state index contributed by atoms with van der Waals surface area (Å²) in [4.78, 5) is 14.2. The number of piperidine rings is 1. The van der Waals surface area contributed by atoms with Gasteiger partial charge in [-0.2, -0.15) is 0 Å². The third-order valence-electron chi connectivity index (χ3n) is 3.61. The molecule has 0 aromatic heterocycles. The van der Waals surface area contributed by atoms with Crippen molar-refractivity contribution < 1.29 is 4.79 Å². The van der Waals surface area contributed by atoms with Gasteiger partial charge in [-0.05, 0) is 50.1 Å². The molecule has 1 atom stereocenters. The third kappa shape index (κ3) is 3.47. The van der Waals surface area contributed by atoms with Gasteiger partial charge in [0.1, 0.15) is 0 Å². The van der Waals surface area contributed by atoms with Gasteiger partial charge in [0, 0.05) is 25.5 Å². The number of benzene rings is 1. The second-order valence-corrected chi connectivity index (χ2v) is 5.39. The summed E-state index contributed by atoms with van der Waals surface area (Å²) in [5.74, 6) is 0.0837. The molecule has 0 radical (unpaired) electrons. The highest BCUT2D eigenvalue weighted by molar-refractivity contribution is 5.95. The second kappa shape index (κ2) is 6.06. The maximum absolute atomic E-state index is 12.2. The van der Waals surface area contributed by atoms with E-state index in [1.54, 1.807) is 0 Å². The molecule has 0 bridgehead atoms. The van der Waals surface area contributed by atoms with E-state index in [-0.39, 0.29) is 11.9 Å². The lowest BCUT2D eigenvalue weighted by Crippen LogP contribution is -2.43. The van der Waals surface area contributed by atoms with Gasteiger partial charge in [0.05, 0.1) is 6.04 Å². The molecule has 1 aromatic rings. The van der Waals surface area contributed by atoms with Crippen molar-refractivity contribution in [2.45, 2.75) is 32.2 Å². The lowest BCUT2D eigenvalue weighted by atomic mass is 10.0. The molecular formula is C15H23N3O. The number of hydrogen-bond donors (Lipinski definition) is 2. The Morgan fingerprint density at radius 3 is 2.74 bits per heavy atom. The van der Waals surface area contributed by atoms with Gasteiger partial charge in [-0.25, -0.2) is 0 Å². The van der Waals surface area contributed by atoms with Gasteiger partial charge < -0.3 is 15.5 Å². The standard InChI is InChI=1S/C15H23N3O/c1-11-10-12(18(2)3)7-8-13(11)17-15(19)14-6-4-5-9-16-14/h7-8,10,14,16H,4-6,9H2,1-3H3,(H,17,19)/t14-/m1/s1. The van der Waals surface area contributed by atoms with E-state index in [0.29, 0.717) is 0 Å². The van der Waals surface area contributed by atoms with Crippen LogP contribution in [0.25, 0.3) is 0 Å². The van der Waals surface area contributed by atoms with E-state index in [4.69, 9.17) is 0 Å². The third-order valence-corrected chi connectivity index (χ3v) is 3.61. The first kappa shape index (κ1) is 13.9. The molecule has 19 heavy (non-hydrogen) atoms. The van der Waals surface area contributed by atoms with Crippen molar-refractivity contribution in [3.8, 4) is 0 Å². The minimum absolute atomic E-state index is 0.0401. The van der Waals surface area contributed by atoms with Crippen LogP contribution in [0.2, 0.25) is 0 Å². The maximum Gasteiger partial charge on any atom is 0.241 e. The zero-order valence-electron chi connectivity index (χ0n) is 12.0. The predicted molar refractivity (Wildman–Crippen MR) is 79.8 cm³/mol. The number of amides is 1. The largest absolute Gasteiger partial charge is 0.378 e. The molecule has 1 fully saturated rings. The van der Waals surface area contributed by atoms with Crippen molar-refractivity contribution in [1.82, 2.24) is 5.32 Å². The number of aryl methyl sites for hydroxylation is 1. The molecule has 1 amide bonds. The number of nitrogens with one attached hydrogen (secondary N) is 2. The Hall–Kier alpha value is -1.55. The monoisotopic (exact) mass is 261 g/mol. The SMILES string of the molecule is Cc1cc(N(C)C)ccc1NC(=O)[C@H]1CCCCN1. The Balaban J connectivity index is 2.04. The summed E-state index contributed by atoms with van der Waals surface area (Å²) in [6.45, 7) is 2.97. The average molecular weight is 261 g/mol. The first-order chi connectivity index (χ1) is 9.08. The van der Waals surface area contributed by atoms with Crippen LogP contribution in [0.5, 0.6) is 0 Å². The summed E-state index contributed by atoms with van der Waals surface area (Å²) >= 11 is 0. The number of hydrogen-bond acceptors (Lipinski definition) is 3. The summed E-state index contributed by atoms with van der Waals surface area (Å²) < 4.78 is 0. The van der Waals surface area contributed by atoms with E-state index in [1.807, 2.05) is 33.2 Å². The highest BCUT2D eigenvalue weighted by Crippen LogP contribution is 2.22. The molecule has 0 spiro atoms. The van der Waals surface area contributed by atoms with Gasteiger partial charge in [0.25, 0.3) is 0 Å². The van der Waals surface area contributed by atoms with Crippen molar-refractivity contribution in [2.24, 2.45) is 0 Å². The number of carbonyl (C=O) groups excluding carboxylic acids is 1. The van der Waals surface area contributed by atoms with Gasteiger partial charge in [0.2, 0.25) is 5.91 Å². The highest BCUT2D eigenvalue weighted by atomic mass is 16.2. The fraction of sp³-hybridized carbons (Fsp3) is 0.533. The van der Waals surface area contributed by atoms with Crippen molar-refractivity contribution in [2.75, 3.05) is 30.9 Å². The molecule has 1 saturated heterocycles. The molecular weight excluding hydrogens is 238 g/mol. The van der Waals surface area contributed by atoms with Crippen LogP contribution in [-0.4, -0.2) is 32.6 Å². The minimum Gasteiger partial charge on any atom is -0.378 e. The molecule has 4 heteroatoms. The van der Waals surface area contributed by atoms with Crippen LogP contribution < -0.4 is 15.5 Å². The van der Waals surface area contributed by atoms with Crippen LogP contribution in [0.15, 0.2) is 18.2 Å². The normalized spacial score (nSPS) is 19.0. The van der Waals surface area contributed by atoms with E-state index in [9.17, 15) is 4.79 Å². The average Bonchev–Trinajstić information content (AvgIpc) is 2.41. The predicted octanol–water partition coefficient (Wildman–Crippen LogP) is 2.14. The molecule has 1 aliphatic heterocycles. The zero-order chi connectivity index (χ0) is 13.8. The van der Waals surface area contributed by atoms with Gasteiger partial charge in [-0.15, -0.1) is 0 Å². The second-order valence-electron chi connectivity index (χ2n) is 5.39. The molecule has 2 rings (SSSR count). The Morgan fingerprint density at radius 1 is 1.37 bits per heavy atom. The van der Waals surface area contributed by atoms with E-state index in [2.05, 4.69) is 21.6 Å². The van der Waals surface area contributed by atoms with Crippen LogP contribution >= 0.6 is 0 Å². The topological polar surface area (TPSA) is 44.4 Å². The van der Waals surface area contributed by atoms with E-state index in [1.165, 1.54) is 6.42 Å². The highest BCUT2D eigenvalue weighted by Gasteiger charge is 2.20. The van der Waals surface area contributed by atoms with Gasteiger partial charge in [0.15, 0.2) is 0 Å². The smallest absolute Gasteiger partial charge is 0.241 e. The fourth-order valence-electron chi connectivity index (χ4n) is 2.36. The fourth-order valence-corrected chi connectivity index (χ4v) is 2.36. The van der Waals surface area contributed by atoms with E-state index in [0.717, 1.165) is 36.3 Å². The van der Waals surface area contributed by atoms with Crippen molar-refractivity contribution in [3.05, 3.63) is 23.8 Å². The van der Waals surface area contributed by atoms with Crippen molar-refractivity contribution in [3.63, 3.8) is 0 Å². The Morgan fingerprint density at radius 2 is 2.16 bits per heavy atom. The van der Waals surface area contributed by atoms with E-state index >= 15 is 0 Å². The Labute approximate surface area is 115 Å². The van der Waals surface area contributed by atoms with Crippen molar-refractivity contribution in [1.29, 1.82) is 0 Å². The molecule has 1 aliphatic rings. The van der Waals surface area contributed by atoms with Gasteiger partial charge >= 0.3 is 0 Å². The van der Waals surface area contributed by atoms with Crippen LogP contribution in [0.4, 0.5) is 11.4 Å². The lowest BCUT2D eigenvalue weighted by Gasteiger charge is -2.23. The molecule has 4 nitrogen and oxygen atoms in total. The number of anilines is 2. The number of rotatable bonds is 3. The molecule has 104 valence electrons. The summed E-state index contributed by atoms with van der Waals surface area (Å²) in [7, 11) is 4.03. The van der Waals surface area contributed by atoms with Gasteiger partial charge in [-0.1, -0.05) is 6.42 Å². The lowest BCUT2D eigenvalue weighted by molar-refractivity contribution is -0.118. The summed E-state index contributed by atoms with van der Waals surface area (Å²) in [5, 5.41) is 6.29. The Kier molecular flexibility index (Phi) is 4.43. The molecule has 1 aromatic carbocycles. The van der Waals surface area contributed by atoms with Crippen LogP contribution in [0, 0.1) is 6.92 Å². The number of nitrogens with zero attached hydrogens (tertiary/aromatic N) is 1. The first-order valence-corrected chi connectivity index (χ1v) is 6.90. The molecule has 0 saturated carbocycles. The summed E-state index contributed by atoms with van der Waals surface area (Å²) in [5.41, 5.74) is 3.14. The van der Waals surface area contributed by atoms with Crippen LogP contribution in [0.1, 0.15) is 24.8 Å². The quantitative estimate of drug-likeness (QED) is 0.876. The Bertz CT molecular complexity index is 451. The molecule has 0 unspecified atom stereocenters. The maximum atomic E-state index is 12.2.